The molecule has 1 aliphatic rings. The second-order valence-corrected chi connectivity index (χ2v) is 5.47. The van der Waals surface area contributed by atoms with E-state index in [1.54, 1.807) is 0 Å². The van der Waals surface area contributed by atoms with Gasteiger partial charge in [0, 0.05) is 6.04 Å². The predicted molar refractivity (Wildman–Crippen MR) is 71.0 cm³/mol. The van der Waals surface area contributed by atoms with E-state index in [1.165, 1.54) is 24.9 Å². The minimum absolute atomic E-state index is 0.624. The number of piperidine rings is 1. The van der Waals surface area contributed by atoms with Crippen LogP contribution in [0, 0.1) is 5.92 Å². The zero-order valence-electron chi connectivity index (χ0n) is 10.3. The molecule has 2 heterocycles. The van der Waals surface area contributed by atoms with Crippen LogP contribution in [0.3, 0.4) is 0 Å². The summed E-state index contributed by atoms with van der Waals surface area (Å²) in [5.74, 6) is 0.772. The number of hydrogen-bond donors (Lipinski definition) is 1. The third-order valence-corrected chi connectivity index (χ3v) is 4.25. The van der Waals surface area contributed by atoms with Gasteiger partial charge in [-0.3, -0.25) is 4.90 Å². The Kier molecular flexibility index (Phi) is 4.38. The maximum Gasteiger partial charge on any atom is 0.0393 e. The summed E-state index contributed by atoms with van der Waals surface area (Å²) in [6, 6.07) is 2.91. The summed E-state index contributed by atoms with van der Waals surface area (Å²) in [4.78, 5) is 2.52. The first-order valence-corrected chi connectivity index (χ1v) is 7.20. The van der Waals surface area contributed by atoms with Crippen LogP contribution in [0.15, 0.2) is 16.8 Å². The van der Waals surface area contributed by atoms with Gasteiger partial charge < -0.3 is 5.32 Å². The van der Waals surface area contributed by atoms with Gasteiger partial charge in [-0.25, -0.2) is 0 Å². The van der Waals surface area contributed by atoms with Gasteiger partial charge in [-0.05, 0) is 67.8 Å². The molecule has 0 saturated carbocycles. The van der Waals surface area contributed by atoms with E-state index in [4.69, 9.17) is 0 Å². The van der Waals surface area contributed by atoms with Gasteiger partial charge in [0.25, 0.3) is 0 Å². The van der Waals surface area contributed by atoms with Crippen LogP contribution in [-0.2, 0) is 0 Å². The lowest BCUT2D eigenvalue weighted by Crippen LogP contribution is -2.40. The molecule has 3 heteroatoms. The van der Waals surface area contributed by atoms with E-state index < -0.39 is 0 Å². The average molecular weight is 238 g/mol. The fraction of sp³-hybridized carbons (Fsp3) is 0.692. The van der Waals surface area contributed by atoms with Crippen molar-refractivity contribution >= 4 is 11.3 Å². The molecule has 1 fully saturated rings. The zero-order chi connectivity index (χ0) is 11.4. The van der Waals surface area contributed by atoms with Crippen LogP contribution >= 0.6 is 11.3 Å². The Hall–Kier alpha value is -0.380. The first-order valence-electron chi connectivity index (χ1n) is 6.26. The smallest absolute Gasteiger partial charge is 0.0393 e. The maximum atomic E-state index is 3.51. The molecule has 0 bridgehead atoms. The van der Waals surface area contributed by atoms with Gasteiger partial charge in [-0.1, -0.05) is 6.92 Å². The van der Waals surface area contributed by atoms with Crippen molar-refractivity contribution in [1.82, 2.24) is 10.2 Å². The molecule has 2 rings (SSSR count). The van der Waals surface area contributed by atoms with E-state index in [0.717, 1.165) is 19.0 Å². The molecule has 2 unspecified atom stereocenters. The second-order valence-electron chi connectivity index (χ2n) is 4.69. The Bertz CT molecular complexity index is 297. The lowest BCUT2D eigenvalue weighted by atomic mass is 9.86. The zero-order valence-corrected chi connectivity index (χ0v) is 11.1. The van der Waals surface area contributed by atoms with Gasteiger partial charge in [0.15, 0.2) is 0 Å². The third-order valence-electron chi connectivity index (χ3n) is 3.55. The molecule has 1 aliphatic heterocycles. The molecule has 1 aromatic rings. The standard InChI is InChI=1S/C13H22N2S/c1-3-14-9-11-5-4-7-15(2)13(11)12-6-8-16-10-12/h6,8,10-11,13-14H,3-5,7,9H2,1-2H3. The van der Waals surface area contributed by atoms with E-state index in [9.17, 15) is 0 Å². The second kappa shape index (κ2) is 5.80. The summed E-state index contributed by atoms with van der Waals surface area (Å²) in [6.45, 7) is 5.66. The van der Waals surface area contributed by atoms with Crippen LogP contribution < -0.4 is 5.32 Å². The van der Waals surface area contributed by atoms with Gasteiger partial charge >= 0.3 is 0 Å². The minimum atomic E-state index is 0.624. The SMILES string of the molecule is CCNCC1CCCN(C)C1c1ccsc1. The molecule has 1 N–H and O–H groups in total. The Morgan fingerprint density at radius 1 is 1.56 bits per heavy atom. The molecule has 0 aliphatic carbocycles. The average Bonchev–Trinajstić information content (AvgIpc) is 2.79. The van der Waals surface area contributed by atoms with Crippen molar-refractivity contribution in [3.8, 4) is 0 Å². The van der Waals surface area contributed by atoms with Crippen LogP contribution in [0.4, 0.5) is 0 Å². The summed E-state index contributed by atoms with van der Waals surface area (Å²) in [5, 5.41) is 8.01. The minimum Gasteiger partial charge on any atom is -0.317 e. The molecule has 16 heavy (non-hydrogen) atoms. The molecule has 0 spiro atoms. The monoisotopic (exact) mass is 238 g/mol. The molecule has 2 atom stereocenters. The first kappa shape index (κ1) is 12.1. The third kappa shape index (κ3) is 2.65. The van der Waals surface area contributed by atoms with E-state index in [2.05, 4.69) is 41.0 Å². The Labute approximate surface area is 103 Å². The summed E-state index contributed by atoms with van der Waals surface area (Å²) in [5.41, 5.74) is 1.51. The molecular formula is C13H22N2S. The highest BCUT2D eigenvalue weighted by Crippen LogP contribution is 2.35. The van der Waals surface area contributed by atoms with Gasteiger partial charge in [-0.2, -0.15) is 11.3 Å². The molecule has 1 aromatic heterocycles. The highest BCUT2D eigenvalue weighted by molar-refractivity contribution is 7.07. The number of hydrogen-bond acceptors (Lipinski definition) is 3. The van der Waals surface area contributed by atoms with Crippen molar-refractivity contribution < 1.29 is 0 Å². The van der Waals surface area contributed by atoms with E-state index in [0.29, 0.717) is 6.04 Å². The molecule has 90 valence electrons. The van der Waals surface area contributed by atoms with Crippen LogP contribution in [0.5, 0.6) is 0 Å². The van der Waals surface area contributed by atoms with E-state index in [1.807, 2.05) is 11.3 Å². The van der Waals surface area contributed by atoms with Crippen LogP contribution in [0.2, 0.25) is 0 Å². The van der Waals surface area contributed by atoms with Crippen LogP contribution in [0.25, 0.3) is 0 Å². The van der Waals surface area contributed by atoms with Crippen LogP contribution in [-0.4, -0.2) is 31.6 Å². The first-order chi connectivity index (χ1) is 7.83. The number of nitrogens with one attached hydrogen (secondary N) is 1. The van der Waals surface area contributed by atoms with Crippen molar-refractivity contribution in [2.75, 3.05) is 26.7 Å². The fourth-order valence-corrected chi connectivity index (χ4v) is 3.46. The Balaban J connectivity index is 2.08. The number of rotatable bonds is 4. The Morgan fingerprint density at radius 2 is 2.44 bits per heavy atom. The van der Waals surface area contributed by atoms with Crippen molar-refractivity contribution in [2.24, 2.45) is 5.92 Å². The normalized spacial score (nSPS) is 27.1. The van der Waals surface area contributed by atoms with Crippen LogP contribution in [0.1, 0.15) is 31.4 Å². The lowest BCUT2D eigenvalue weighted by Gasteiger charge is -2.39. The quantitative estimate of drug-likeness (QED) is 0.867. The van der Waals surface area contributed by atoms with Crippen molar-refractivity contribution in [3.05, 3.63) is 22.4 Å². The maximum absolute atomic E-state index is 3.51. The molecule has 1 saturated heterocycles. The van der Waals surface area contributed by atoms with E-state index in [-0.39, 0.29) is 0 Å². The molecular weight excluding hydrogens is 216 g/mol. The molecule has 0 amide bonds. The number of nitrogens with zero attached hydrogens (tertiary/aromatic N) is 1. The highest BCUT2D eigenvalue weighted by atomic mass is 32.1. The van der Waals surface area contributed by atoms with Gasteiger partial charge in [0.1, 0.15) is 0 Å². The van der Waals surface area contributed by atoms with Gasteiger partial charge in [0.05, 0.1) is 0 Å². The summed E-state index contributed by atoms with van der Waals surface area (Å²) in [7, 11) is 2.26. The number of likely N-dealkylation sites (tertiary alicyclic amines) is 1. The van der Waals surface area contributed by atoms with Gasteiger partial charge in [0.2, 0.25) is 0 Å². The van der Waals surface area contributed by atoms with E-state index >= 15 is 0 Å². The van der Waals surface area contributed by atoms with Crippen molar-refractivity contribution in [2.45, 2.75) is 25.8 Å². The molecule has 0 radical (unpaired) electrons. The highest BCUT2D eigenvalue weighted by Gasteiger charge is 2.30. The summed E-state index contributed by atoms with van der Waals surface area (Å²) < 4.78 is 0. The van der Waals surface area contributed by atoms with Gasteiger partial charge in [-0.15, -0.1) is 0 Å². The Morgan fingerprint density at radius 3 is 3.12 bits per heavy atom. The number of thiophene rings is 1. The topological polar surface area (TPSA) is 15.3 Å². The lowest BCUT2D eigenvalue weighted by molar-refractivity contribution is 0.120. The fourth-order valence-electron chi connectivity index (χ4n) is 2.77. The predicted octanol–water partition coefficient (Wildman–Crippen LogP) is 2.74. The largest absolute Gasteiger partial charge is 0.317 e. The van der Waals surface area contributed by atoms with Crippen molar-refractivity contribution in [1.29, 1.82) is 0 Å². The molecule has 0 aromatic carbocycles. The van der Waals surface area contributed by atoms with Crippen molar-refractivity contribution in [3.63, 3.8) is 0 Å². The summed E-state index contributed by atoms with van der Waals surface area (Å²) in [6.07, 6.45) is 2.70. The molecule has 2 nitrogen and oxygen atoms in total. The summed E-state index contributed by atoms with van der Waals surface area (Å²) >= 11 is 1.81.